The third-order valence-electron chi connectivity index (χ3n) is 8.77. The summed E-state index contributed by atoms with van der Waals surface area (Å²) in [6.45, 7) is 10.0. The molecule has 0 aliphatic carbocycles. The molecule has 0 radical (unpaired) electrons. The first-order chi connectivity index (χ1) is 23.8. The molecule has 2 aliphatic rings. The number of allylic oxidation sites excluding steroid dienone is 6. The van der Waals surface area contributed by atoms with E-state index in [0.29, 0.717) is 22.4 Å². The molecule has 1 aromatic carbocycles. The Hall–Kier alpha value is -5.20. The van der Waals surface area contributed by atoms with Gasteiger partial charge in [-0.25, -0.2) is 14.6 Å². The lowest BCUT2D eigenvalue weighted by Gasteiger charge is -2.30. The molecular formula is C38H37N3O7S2. The van der Waals surface area contributed by atoms with Crippen LogP contribution in [0.15, 0.2) is 98.4 Å². The molecule has 1 atom stereocenters. The van der Waals surface area contributed by atoms with E-state index in [2.05, 4.69) is 15.6 Å². The second-order valence-electron chi connectivity index (χ2n) is 11.9. The number of methoxy groups -OCH3 is 2. The van der Waals surface area contributed by atoms with Crippen LogP contribution in [0.1, 0.15) is 64.5 Å². The summed E-state index contributed by atoms with van der Waals surface area (Å²) in [7, 11) is 2.48. The number of hydrogen-bond acceptors (Lipinski definition) is 12. The second kappa shape index (κ2) is 14.7. The maximum atomic E-state index is 12.7. The van der Waals surface area contributed by atoms with E-state index < -0.39 is 17.9 Å². The normalized spacial score (nSPS) is 16.5. The number of thiophene rings is 2. The molecule has 1 unspecified atom stereocenters. The number of benzene rings is 1. The topological polar surface area (TPSA) is 141 Å². The number of rotatable bonds is 7. The summed E-state index contributed by atoms with van der Waals surface area (Å²) in [5.41, 5.74) is 5.70. The molecule has 5 heterocycles. The number of esters is 2. The number of nitrogens with one attached hydrogen (secondary N) is 2. The molecule has 3 aromatic heterocycles. The van der Waals surface area contributed by atoms with Gasteiger partial charge in [0.25, 0.3) is 0 Å². The van der Waals surface area contributed by atoms with E-state index in [9.17, 15) is 24.0 Å². The van der Waals surface area contributed by atoms with Crippen molar-refractivity contribution in [1.29, 1.82) is 0 Å². The zero-order valence-electron chi connectivity index (χ0n) is 29.0. The smallest absolute Gasteiger partial charge is 0.355 e. The Labute approximate surface area is 297 Å². The third kappa shape index (κ3) is 6.56. The highest BCUT2D eigenvalue weighted by Crippen LogP contribution is 2.45. The van der Waals surface area contributed by atoms with Crippen molar-refractivity contribution in [2.45, 2.75) is 53.4 Å². The van der Waals surface area contributed by atoms with Crippen molar-refractivity contribution in [3.63, 3.8) is 0 Å². The Morgan fingerprint density at radius 1 is 0.640 bits per heavy atom. The van der Waals surface area contributed by atoms with Gasteiger partial charge in [-0.3, -0.25) is 14.4 Å². The zero-order valence-corrected chi connectivity index (χ0v) is 30.6. The number of fused-ring (bicyclic) bond motifs is 2. The number of carbonyl (C=O) groups is 5. The minimum Gasteiger partial charge on any atom is -0.466 e. The molecule has 2 aliphatic heterocycles. The zero-order chi connectivity index (χ0) is 36.4. The molecule has 0 saturated heterocycles. The van der Waals surface area contributed by atoms with Crippen molar-refractivity contribution in [2.24, 2.45) is 0 Å². The van der Waals surface area contributed by atoms with Crippen molar-refractivity contribution in [1.82, 2.24) is 15.6 Å². The van der Waals surface area contributed by atoms with E-state index in [1.807, 2.05) is 61.0 Å². The van der Waals surface area contributed by atoms with Crippen LogP contribution in [0.4, 0.5) is 0 Å². The van der Waals surface area contributed by atoms with Crippen LogP contribution in [0.5, 0.6) is 0 Å². The summed E-state index contributed by atoms with van der Waals surface area (Å²) in [5, 5.41) is 11.9. The van der Waals surface area contributed by atoms with E-state index in [-0.39, 0.29) is 34.5 Å². The summed E-state index contributed by atoms with van der Waals surface area (Å²) in [6, 6.07) is 11.6. The Morgan fingerprint density at radius 2 is 1.14 bits per heavy atom. The summed E-state index contributed by atoms with van der Waals surface area (Å²) in [4.78, 5) is 67.3. The predicted molar refractivity (Wildman–Crippen MR) is 194 cm³/mol. The number of carbonyl (C=O) groups excluding carboxylic acids is 5. The molecule has 258 valence electrons. The number of pyridine rings is 1. The Balaban J connectivity index is 0.000000197. The molecule has 0 spiro atoms. The molecule has 0 saturated carbocycles. The molecular weight excluding hydrogens is 675 g/mol. The van der Waals surface area contributed by atoms with Gasteiger partial charge < -0.3 is 20.1 Å². The molecule has 12 heteroatoms. The maximum Gasteiger partial charge on any atom is 0.355 e. The first kappa shape index (κ1) is 36.1. The van der Waals surface area contributed by atoms with Crippen molar-refractivity contribution in [3.05, 3.63) is 110 Å². The number of aromatic nitrogens is 1. The molecule has 10 nitrogen and oxygen atoms in total. The largest absolute Gasteiger partial charge is 0.466 e. The number of ketones is 3. The summed E-state index contributed by atoms with van der Waals surface area (Å²) in [6.07, 6.45) is 1.75. The van der Waals surface area contributed by atoms with Crippen molar-refractivity contribution >= 4 is 72.3 Å². The van der Waals surface area contributed by atoms with Gasteiger partial charge in [0.1, 0.15) is 10.5 Å². The van der Waals surface area contributed by atoms with Crippen LogP contribution in [0.2, 0.25) is 0 Å². The fourth-order valence-corrected chi connectivity index (χ4v) is 8.69. The number of hydrogen-bond donors (Lipinski definition) is 2. The monoisotopic (exact) mass is 711 g/mol. The van der Waals surface area contributed by atoms with Gasteiger partial charge in [0.2, 0.25) is 0 Å². The van der Waals surface area contributed by atoms with Gasteiger partial charge in [0.05, 0.1) is 25.7 Å². The first-order valence-electron chi connectivity index (χ1n) is 15.7. The standard InChI is InChI=1S/C20H19NO5S.C18H18N2O2S/c1-10-15(11(2)22)16(13-9-27-14-8-6-5-7-12(13)14)17(19(23)25-3)18(21-10)20(24)26-4;1-9-15(11(3)21)17(16(12(4)22)10(2)20-9)14-8-23-18-13(14)6-5-7-19-18/h5-9,16,21H,1-4H3;5-8,17,20H,1-4H3. The summed E-state index contributed by atoms with van der Waals surface area (Å²) < 4.78 is 10.8. The highest BCUT2D eigenvalue weighted by molar-refractivity contribution is 7.17. The molecule has 2 N–H and O–H groups in total. The maximum absolute atomic E-state index is 12.7. The number of ether oxygens (including phenoxy) is 2. The second-order valence-corrected chi connectivity index (χ2v) is 13.7. The van der Waals surface area contributed by atoms with Crippen LogP contribution in [0.25, 0.3) is 20.3 Å². The lowest BCUT2D eigenvalue weighted by molar-refractivity contribution is -0.140. The third-order valence-corrected chi connectivity index (χ3v) is 10.7. The van der Waals surface area contributed by atoms with Gasteiger partial charge >= 0.3 is 11.9 Å². The van der Waals surface area contributed by atoms with Gasteiger partial charge in [-0.05, 0) is 80.9 Å². The number of dihydropyridines is 2. The van der Waals surface area contributed by atoms with E-state index >= 15 is 0 Å². The first-order valence-corrected chi connectivity index (χ1v) is 17.5. The average molecular weight is 712 g/mol. The highest BCUT2D eigenvalue weighted by atomic mass is 32.1. The van der Waals surface area contributed by atoms with Gasteiger partial charge in [0, 0.05) is 56.0 Å². The van der Waals surface area contributed by atoms with Crippen molar-refractivity contribution in [3.8, 4) is 0 Å². The van der Waals surface area contributed by atoms with Crippen molar-refractivity contribution in [2.75, 3.05) is 14.2 Å². The van der Waals surface area contributed by atoms with Gasteiger partial charge in [-0.2, -0.15) is 0 Å². The summed E-state index contributed by atoms with van der Waals surface area (Å²) >= 11 is 3.05. The fourth-order valence-electron chi connectivity index (χ4n) is 6.77. The van der Waals surface area contributed by atoms with Gasteiger partial charge in [-0.15, -0.1) is 22.7 Å². The molecule has 0 amide bonds. The van der Waals surface area contributed by atoms with Crippen LogP contribution >= 0.6 is 22.7 Å². The molecule has 0 bridgehead atoms. The van der Waals surface area contributed by atoms with E-state index in [0.717, 1.165) is 42.8 Å². The van der Waals surface area contributed by atoms with Crippen LogP contribution in [0.3, 0.4) is 0 Å². The molecule has 4 aromatic rings. The molecule has 50 heavy (non-hydrogen) atoms. The Morgan fingerprint density at radius 3 is 1.72 bits per heavy atom. The quantitative estimate of drug-likeness (QED) is 0.198. The predicted octanol–water partition coefficient (Wildman–Crippen LogP) is 6.76. The fraction of sp³-hybridized carbons (Fsp3) is 0.263. The molecule has 6 rings (SSSR count). The average Bonchev–Trinajstić information content (AvgIpc) is 3.71. The van der Waals surface area contributed by atoms with Crippen LogP contribution in [-0.2, 0) is 33.4 Å². The van der Waals surface area contributed by atoms with Crippen molar-refractivity contribution < 1.29 is 33.4 Å². The van der Waals surface area contributed by atoms with Crippen LogP contribution in [-0.4, -0.2) is 48.5 Å². The van der Waals surface area contributed by atoms with Crippen LogP contribution < -0.4 is 10.6 Å². The Bertz CT molecular complexity index is 2180. The highest BCUT2D eigenvalue weighted by Gasteiger charge is 2.40. The number of Topliss-reactive ketones (excluding diaryl/α,β-unsaturated/α-hetero) is 3. The van der Waals surface area contributed by atoms with E-state index in [4.69, 9.17) is 9.47 Å². The van der Waals surface area contributed by atoms with Gasteiger partial charge in [0.15, 0.2) is 17.3 Å². The lowest BCUT2D eigenvalue weighted by atomic mass is 9.78. The van der Waals surface area contributed by atoms with Crippen LogP contribution in [0, 0.1) is 0 Å². The van der Waals surface area contributed by atoms with E-state index in [1.165, 1.54) is 43.8 Å². The Kier molecular flexibility index (Phi) is 10.6. The van der Waals surface area contributed by atoms with E-state index in [1.54, 1.807) is 27.0 Å². The lowest BCUT2D eigenvalue weighted by Crippen LogP contribution is -2.35. The number of nitrogens with zero attached hydrogens (tertiary/aromatic N) is 1. The molecule has 0 fully saturated rings. The minimum absolute atomic E-state index is 0.00729. The van der Waals surface area contributed by atoms with Gasteiger partial charge in [-0.1, -0.05) is 24.3 Å². The summed E-state index contributed by atoms with van der Waals surface area (Å²) in [5.74, 6) is -2.66. The minimum atomic E-state index is -0.721. The SMILES string of the molecule is CC(=O)C1=C(C)NC(C)=C(C(C)=O)C1c1csc2ncccc12.COC(=O)C1=C(C(=O)OC)C(c2csc3ccccc23)C(C(C)=O)=C(C)N1.